The van der Waals surface area contributed by atoms with Crippen LogP contribution in [-0.4, -0.2) is 47.9 Å². The Balaban J connectivity index is 1.67. The molecule has 0 bridgehead atoms. The molecule has 0 unspecified atom stereocenters. The molecular formula is C15H21N5O2. The van der Waals surface area contributed by atoms with Crippen molar-refractivity contribution in [1.82, 2.24) is 15.2 Å². The van der Waals surface area contributed by atoms with Crippen LogP contribution in [0.3, 0.4) is 0 Å². The monoisotopic (exact) mass is 303 g/mol. The van der Waals surface area contributed by atoms with Gasteiger partial charge in [-0.05, 0) is 38.4 Å². The van der Waals surface area contributed by atoms with Gasteiger partial charge < -0.3 is 20.9 Å². The lowest BCUT2D eigenvalue weighted by Crippen LogP contribution is -2.42. The van der Waals surface area contributed by atoms with E-state index in [2.05, 4.69) is 15.2 Å². The maximum Gasteiger partial charge on any atom is 0.267 e. The second-order valence-electron chi connectivity index (χ2n) is 5.57. The van der Waals surface area contributed by atoms with Crippen LogP contribution in [0.25, 0.3) is 0 Å². The molecule has 1 atom stereocenters. The van der Waals surface area contributed by atoms with E-state index in [-0.39, 0.29) is 17.7 Å². The van der Waals surface area contributed by atoms with Crippen molar-refractivity contribution in [3.05, 3.63) is 23.5 Å². The molecule has 2 amide bonds. The van der Waals surface area contributed by atoms with Crippen LogP contribution in [0.4, 0.5) is 0 Å². The Hall–Kier alpha value is -2.33. The van der Waals surface area contributed by atoms with Gasteiger partial charge in [0, 0.05) is 19.3 Å². The van der Waals surface area contributed by atoms with Gasteiger partial charge in [0.15, 0.2) is 0 Å². The molecule has 0 aliphatic carbocycles. The summed E-state index contributed by atoms with van der Waals surface area (Å²) in [4.78, 5) is 28.0. The number of rotatable bonds is 6. The van der Waals surface area contributed by atoms with Gasteiger partial charge in [-0.1, -0.05) is 0 Å². The first-order chi connectivity index (χ1) is 10.6. The molecule has 7 nitrogen and oxygen atoms in total. The van der Waals surface area contributed by atoms with Gasteiger partial charge in [-0.2, -0.15) is 5.26 Å². The van der Waals surface area contributed by atoms with Crippen LogP contribution in [0.2, 0.25) is 0 Å². The molecule has 2 rings (SSSR count). The van der Waals surface area contributed by atoms with E-state index in [0.717, 1.165) is 32.4 Å². The van der Waals surface area contributed by atoms with E-state index in [9.17, 15) is 9.59 Å². The topological polar surface area (TPSA) is 115 Å². The van der Waals surface area contributed by atoms with Gasteiger partial charge in [0.2, 0.25) is 5.91 Å². The third-order valence-electron chi connectivity index (χ3n) is 3.90. The number of nitrogens with one attached hydrogen (secondary N) is 2. The number of hydrogen-bond donors (Lipinski definition) is 3. The van der Waals surface area contributed by atoms with Gasteiger partial charge in [-0.15, -0.1) is 0 Å². The molecule has 118 valence electrons. The van der Waals surface area contributed by atoms with E-state index < -0.39 is 0 Å². The van der Waals surface area contributed by atoms with E-state index in [4.69, 9.17) is 11.0 Å². The minimum atomic E-state index is -0.224. The molecule has 1 aromatic heterocycles. The Labute approximate surface area is 129 Å². The molecule has 22 heavy (non-hydrogen) atoms. The van der Waals surface area contributed by atoms with Gasteiger partial charge >= 0.3 is 0 Å². The molecule has 2 heterocycles. The van der Waals surface area contributed by atoms with Crippen LogP contribution < -0.4 is 11.1 Å². The average Bonchev–Trinajstić information content (AvgIpc) is 3.01. The number of nitriles is 1. The zero-order valence-corrected chi connectivity index (χ0v) is 12.5. The Morgan fingerprint density at radius 1 is 1.55 bits per heavy atom. The standard InChI is InChI=1S/C15H21N5O2/c16-8-11-7-13(19-9-11)15(22)18-4-2-6-20-5-1-3-12(10-20)14(17)21/h7,9,12,19H,1-6,10H2,(H2,17,21)(H,18,22)/t12-/m0/s1. The van der Waals surface area contributed by atoms with E-state index in [1.54, 1.807) is 0 Å². The number of H-pyrrole nitrogens is 1. The van der Waals surface area contributed by atoms with Crippen molar-refractivity contribution in [2.24, 2.45) is 11.7 Å². The Bertz CT molecular complexity index is 575. The van der Waals surface area contributed by atoms with Gasteiger partial charge in [-0.25, -0.2) is 0 Å². The highest BCUT2D eigenvalue weighted by atomic mass is 16.2. The van der Waals surface area contributed by atoms with Crippen LogP contribution in [0.1, 0.15) is 35.3 Å². The van der Waals surface area contributed by atoms with Crippen LogP contribution >= 0.6 is 0 Å². The number of hydrogen-bond acceptors (Lipinski definition) is 4. The molecule has 1 aliphatic rings. The highest BCUT2D eigenvalue weighted by molar-refractivity contribution is 5.92. The second-order valence-corrected chi connectivity index (χ2v) is 5.57. The summed E-state index contributed by atoms with van der Waals surface area (Å²) in [7, 11) is 0. The molecule has 7 heteroatoms. The van der Waals surface area contributed by atoms with Crippen LogP contribution in [0.15, 0.2) is 12.3 Å². The largest absolute Gasteiger partial charge is 0.369 e. The number of piperidine rings is 1. The van der Waals surface area contributed by atoms with Crippen LogP contribution in [0, 0.1) is 17.2 Å². The molecule has 0 aromatic carbocycles. The van der Waals surface area contributed by atoms with Crippen molar-refractivity contribution in [3.63, 3.8) is 0 Å². The van der Waals surface area contributed by atoms with Gasteiger partial charge in [-0.3, -0.25) is 9.59 Å². The fourth-order valence-electron chi connectivity index (χ4n) is 2.68. The number of aromatic nitrogens is 1. The van der Waals surface area contributed by atoms with E-state index in [1.165, 1.54) is 12.3 Å². The number of nitrogens with zero attached hydrogens (tertiary/aromatic N) is 2. The number of amides is 2. The maximum atomic E-state index is 11.8. The van der Waals surface area contributed by atoms with Crippen molar-refractivity contribution < 1.29 is 9.59 Å². The number of likely N-dealkylation sites (tertiary alicyclic amines) is 1. The zero-order chi connectivity index (χ0) is 15.9. The fraction of sp³-hybridized carbons (Fsp3) is 0.533. The zero-order valence-electron chi connectivity index (χ0n) is 12.5. The second kappa shape index (κ2) is 7.61. The average molecular weight is 303 g/mol. The summed E-state index contributed by atoms with van der Waals surface area (Å²) in [5.41, 5.74) is 6.19. The SMILES string of the molecule is N#Cc1c[nH]c(C(=O)NCCCN2CCC[C@H](C(N)=O)C2)c1. The lowest BCUT2D eigenvalue weighted by atomic mass is 9.97. The van der Waals surface area contributed by atoms with E-state index in [0.29, 0.717) is 24.3 Å². The number of primary amides is 1. The summed E-state index contributed by atoms with van der Waals surface area (Å²) in [5, 5.41) is 11.5. The molecule has 1 fully saturated rings. The minimum Gasteiger partial charge on any atom is -0.369 e. The summed E-state index contributed by atoms with van der Waals surface area (Å²) in [6.45, 7) is 3.07. The smallest absolute Gasteiger partial charge is 0.267 e. The predicted molar refractivity (Wildman–Crippen MR) is 80.8 cm³/mol. The fourth-order valence-corrected chi connectivity index (χ4v) is 2.68. The maximum absolute atomic E-state index is 11.8. The van der Waals surface area contributed by atoms with Crippen molar-refractivity contribution in [2.75, 3.05) is 26.2 Å². The molecule has 1 aliphatic heterocycles. The first-order valence-corrected chi connectivity index (χ1v) is 7.48. The summed E-state index contributed by atoms with van der Waals surface area (Å²) < 4.78 is 0. The quantitative estimate of drug-likeness (QED) is 0.651. The first-order valence-electron chi connectivity index (χ1n) is 7.48. The van der Waals surface area contributed by atoms with Crippen LogP contribution in [0.5, 0.6) is 0 Å². The highest BCUT2D eigenvalue weighted by Crippen LogP contribution is 2.15. The Morgan fingerprint density at radius 2 is 2.36 bits per heavy atom. The number of aromatic amines is 1. The summed E-state index contributed by atoms with van der Waals surface area (Å²) in [6, 6.07) is 3.50. The number of carbonyl (C=O) groups is 2. The van der Waals surface area contributed by atoms with E-state index >= 15 is 0 Å². The van der Waals surface area contributed by atoms with Gasteiger partial charge in [0.1, 0.15) is 11.8 Å². The van der Waals surface area contributed by atoms with Crippen LogP contribution in [-0.2, 0) is 4.79 Å². The van der Waals surface area contributed by atoms with Gasteiger partial charge in [0.25, 0.3) is 5.91 Å². The molecule has 0 saturated carbocycles. The Kier molecular flexibility index (Phi) is 5.55. The van der Waals surface area contributed by atoms with Crippen molar-refractivity contribution in [2.45, 2.75) is 19.3 Å². The van der Waals surface area contributed by atoms with Crippen molar-refractivity contribution >= 4 is 11.8 Å². The lowest BCUT2D eigenvalue weighted by Gasteiger charge is -2.31. The Morgan fingerprint density at radius 3 is 3.05 bits per heavy atom. The normalized spacial score (nSPS) is 18.6. The molecule has 4 N–H and O–H groups in total. The van der Waals surface area contributed by atoms with Crippen molar-refractivity contribution in [1.29, 1.82) is 5.26 Å². The van der Waals surface area contributed by atoms with Gasteiger partial charge in [0.05, 0.1) is 11.5 Å². The number of carbonyl (C=O) groups excluding carboxylic acids is 2. The summed E-state index contributed by atoms with van der Waals surface area (Å²) in [6.07, 6.45) is 4.17. The summed E-state index contributed by atoms with van der Waals surface area (Å²) in [5.74, 6) is -0.486. The third-order valence-corrected chi connectivity index (χ3v) is 3.90. The molecule has 0 radical (unpaired) electrons. The highest BCUT2D eigenvalue weighted by Gasteiger charge is 2.23. The molecule has 0 spiro atoms. The summed E-state index contributed by atoms with van der Waals surface area (Å²) >= 11 is 0. The first kappa shape index (κ1) is 16.0. The number of nitrogens with two attached hydrogens (primary N) is 1. The van der Waals surface area contributed by atoms with E-state index in [1.807, 2.05) is 6.07 Å². The molecule has 1 aromatic rings. The molecule has 1 saturated heterocycles. The third kappa shape index (κ3) is 4.33. The molecular weight excluding hydrogens is 282 g/mol. The van der Waals surface area contributed by atoms with Crippen molar-refractivity contribution in [3.8, 4) is 6.07 Å². The lowest BCUT2D eigenvalue weighted by molar-refractivity contribution is -0.123. The minimum absolute atomic E-state index is 0.0494. The predicted octanol–water partition coefficient (Wildman–Crippen LogP) is 0.204.